The fraction of sp³-hybridized carbons (Fsp3) is 0.138. The number of nitrogens with one attached hydrogen (secondary N) is 1. The lowest BCUT2D eigenvalue weighted by molar-refractivity contribution is -0.384. The van der Waals surface area contributed by atoms with Crippen molar-refractivity contribution in [2.75, 3.05) is 5.32 Å². The number of carbonyl (C=O) groups excluding carboxylic acids is 2. The number of amides is 1. The highest BCUT2D eigenvalue weighted by Gasteiger charge is 2.23. The summed E-state index contributed by atoms with van der Waals surface area (Å²) in [6.45, 7) is 5.23. The quantitative estimate of drug-likeness (QED) is 0.185. The van der Waals surface area contributed by atoms with Crippen molar-refractivity contribution in [3.8, 4) is 22.3 Å². The summed E-state index contributed by atoms with van der Waals surface area (Å²) in [6, 6.07) is 22.1. The van der Waals surface area contributed by atoms with Gasteiger partial charge in [-0.3, -0.25) is 19.9 Å². The normalized spacial score (nSPS) is 11.0. The molecule has 4 rings (SSSR count). The molecule has 1 amide bonds. The molecule has 0 atom stereocenters. The molecule has 0 aliphatic carbocycles. The molecule has 1 aromatic heterocycles. The van der Waals surface area contributed by atoms with E-state index in [4.69, 9.17) is 4.74 Å². The summed E-state index contributed by atoms with van der Waals surface area (Å²) in [5.74, 6) is -1.12. The number of carbonyl (C=O) groups is 2. The number of hydrogen-bond donors (Lipinski definition) is 1. The first-order valence-electron chi connectivity index (χ1n) is 11.6. The van der Waals surface area contributed by atoms with Gasteiger partial charge in [0.1, 0.15) is 5.60 Å². The number of nitro groups is 1. The number of aromatic nitrogens is 1. The summed E-state index contributed by atoms with van der Waals surface area (Å²) in [5.41, 5.74) is 2.20. The van der Waals surface area contributed by atoms with Crippen molar-refractivity contribution < 1.29 is 19.2 Å². The third-order valence-electron chi connectivity index (χ3n) is 5.41. The van der Waals surface area contributed by atoms with Gasteiger partial charge in [0, 0.05) is 24.0 Å². The molecule has 4 aromatic rings. The molecule has 0 unspecified atom stereocenters. The minimum absolute atomic E-state index is 0.0930. The Bertz CT molecular complexity index is 1480. The number of nitro benzene ring substituents is 1. The zero-order valence-corrected chi connectivity index (χ0v) is 20.6. The van der Waals surface area contributed by atoms with Crippen LogP contribution in [0.2, 0.25) is 0 Å². The van der Waals surface area contributed by atoms with Gasteiger partial charge >= 0.3 is 5.97 Å². The van der Waals surface area contributed by atoms with Crippen LogP contribution in [0.25, 0.3) is 22.3 Å². The lowest BCUT2D eigenvalue weighted by atomic mass is 10.00. The van der Waals surface area contributed by atoms with Crippen LogP contribution in [-0.4, -0.2) is 27.4 Å². The lowest BCUT2D eigenvalue weighted by Crippen LogP contribution is -2.25. The van der Waals surface area contributed by atoms with E-state index in [1.807, 2.05) is 30.3 Å². The summed E-state index contributed by atoms with van der Waals surface area (Å²) in [6.07, 6.45) is 3.09. The van der Waals surface area contributed by atoms with Crippen LogP contribution in [0.4, 0.5) is 11.4 Å². The molecule has 0 bridgehead atoms. The molecule has 37 heavy (non-hydrogen) atoms. The van der Waals surface area contributed by atoms with E-state index in [1.165, 1.54) is 24.4 Å². The summed E-state index contributed by atoms with van der Waals surface area (Å²) in [4.78, 5) is 41.5. The van der Waals surface area contributed by atoms with Crippen LogP contribution in [0.1, 0.15) is 41.5 Å². The molecule has 0 aliphatic heterocycles. The summed E-state index contributed by atoms with van der Waals surface area (Å²) < 4.78 is 5.53. The zero-order valence-electron chi connectivity index (χ0n) is 20.6. The van der Waals surface area contributed by atoms with Gasteiger partial charge in [0.2, 0.25) is 0 Å². The Labute approximate surface area is 214 Å². The smallest absolute Gasteiger partial charge is 0.340 e. The molecule has 0 saturated carbocycles. The first-order valence-corrected chi connectivity index (χ1v) is 11.6. The predicted molar refractivity (Wildman–Crippen MR) is 141 cm³/mol. The molecular weight excluding hydrogens is 470 g/mol. The molecule has 0 saturated heterocycles. The largest absolute Gasteiger partial charge is 0.456 e. The maximum absolute atomic E-state index is 13.3. The Kier molecular flexibility index (Phi) is 7.11. The Morgan fingerprint density at radius 1 is 0.865 bits per heavy atom. The Morgan fingerprint density at radius 3 is 2.27 bits per heavy atom. The van der Waals surface area contributed by atoms with Gasteiger partial charge < -0.3 is 10.1 Å². The minimum atomic E-state index is -0.761. The summed E-state index contributed by atoms with van der Waals surface area (Å²) in [5, 5.41) is 14.4. The molecule has 0 aliphatic rings. The van der Waals surface area contributed by atoms with Gasteiger partial charge in [0.05, 0.1) is 27.3 Å². The Morgan fingerprint density at radius 2 is 1.57 bits per heavy atom. The van der Waals surface area contributed by atoms with E-state index < -0.39 is 22.4 Å². The number of pyridine rings is 1. The van der Waals surface area contributed by atoms with Crippen molar-refractivity contribution in [2.24, 2.45) is 0 Å². The maximum Gasteiger partial charge on any atom is 0.340 e. The molecule has 0 spiro atoms. The lowest BCUT2D eigenvalue weighted by Gasteiger charge is -2.21. The van der Waals surface area contributed by atoms with Crippen molar-refractivity contribution in [3.05, 3.63) is 112 Å². The van der Waals surface area contributed by atoms with E-state index in [0.29, 0.717) is 11.1 Å². The van der Waals surface area contributed by atoms with Gasteiger partial charge in [-0.1, -0.05) is 48.5 Å². The third-order valence-corrected chi connectivity index (χ3v) is 5.41. The van der Waals surface area contributed by atoms with E-state index in [1.54, 1.807) is 57.3 Å². The average Bonchev–Trinajstić information content (AvgIpc) is 2.88. The number of nitrogens with zero attached hydrogens (tertiary/aromatic N) is 2. The Hall–Kier alpha value is -4.85. The SMILES string of the molecule is CC(C)(C)OC(=O)c1ccc(-c2ccccc2[N+](=O)[O-])cc1NC(=O)c1cncc(-c2ccccc2)c1. The van der Waals surface area contributed by atoms with Crippen LogP contribution in [-0.2, 0) is 4.74 Å². The third kappa shape index (κ3) is 6.05. The minimum Gasteiger partial charge on any atom is -0.456 e. The van der Waals surface area contributed by atoms with Gasteiger partial charge in [-0.2, -0.15) is 0 Å². The van der Waals surface area contributed by atoms with E-state index in [9.17, 15) is 19.7 Å². The molecule has 0 fully saturated rings. The highest BCUT2D eigenvalue weighted by Crippen LogP contribution is 2.33. The van der Waals surface area contributed by atoms with Crippen LogP contribution in [0.3, 0.4) is 0 Å². The topological polar surface area (TPSA) is 111 Å². The van der Waals surface area contributed by atoms with Crippen LogP contribution in [0, 0.1) is 10.1 Å². The number of esters is 1. The van der Waals surface area contributed by atoms with Gasteiger partial charge in [-0.05, 0) is 56.2 Å². The standard InChI is InChI=1S/C29H25N3O5/c1-29(2,3)37-28(34)24-14-13-20(23-11-7-8-12-26(23)32(35)36)16-25(24)31-27(33)22-15-21(17-30-18-22)19-9-5-4-6-10-19/h4-18H,1-3H3,(H,31,33). The number of anilines is 1. The Balaban J connectivity index is 1.74. The average molecular weight is 496 g/mol. The second-order valence-electron chi connectivity index (χ2n) is 9.32. The zero-order chi connectivity index (χ0) is 26.6. The maximum atomic E-state index is 13.3. The van der Waals surface area contributed by atoms with Crippen LogP contribution < -0.4 is 5.32 Å². The van der Waals surface area contributed by atoms with Gasteiger partial charge in [0.25, 0.3) is 11.6 Å². The van der Waals surface area contributed by atoms with E-state index in [0.717, 1.165) is 11.1 Å². The van der Waals surface area contributed by atoms with Crippen molar-refractivity contribution in [1.82, 2.24) is 4.98 Å². The molecule has 186 valence electrons. The molecular formula is C29H25N3O5. The summed E-state index contributed by atoms with van der Waals surface area (Å²) >= 11 is 0. The fourth-order valence-corrected chi connectivity index (χ4v) is 3.75. The fourth-order valence-electron chi connectivity index (χ4n) is 3.75. The number of hydrogen-bond acceptors (Lipinski definition) is 6. The molecule has 0 radical (unpaired) electrons. The van der Waals surface area contributed by atoms with E-state index in [2.05, 4.69) is 10.3 Å². The van der Waals surface area contributed by atoms with Crippen molar-refractivity contribution in [3.63, 3.8) is 0 Å². The van der Waals surface area contributed by atoms with Crippen molar-refractivity contribution >= 4 is 23.3 Å². The van der Waals surface area contributed by atoms with E-state index >= 15 is 0 Å². The van der Waals surface area contributed by atoms with Gasteiger partial charge in [-0.15, -0.1) is 0 Å². The second kappa shape index (κ2) is 10.4. The molecule has 3 aromatic carbocycles. The molecule has 8 heteroatoms. The van der Waals surface area contributed by atoms with Gasteiger partial charge in [-0.25, -0.2) is 4.79 Å². The number of para-hydroxylation sites is 1. The summed E-state index contributed by atoms with van der Waals surface area (Å²) in [7, 11) is 0. The van der Waals surface area contributed by atoms with Gasteiger partial charge in [0.15, 0.2) is 0 Å². The molecule has 8 nitrogen and oxygen atoms in total. The first kappa shape index (κ1) is 25.2. The van der Waals surface area contributed by atoms with E-state index in [-0.39, 0.29) is 22.5 Å². The second-order valence-corrected chi connectivity index (χ2v) is 9.32. The van der Waals surface area contributed by atoms with Crippen molar-refractivity contribution in [2.45, 2.75) is 26.4 Å². The number of rotatable bonds is 6. The highest BCUT2D eigenvalue weighted by molar-refractivity contribution is 6.09. The monoisotopic (exact) mass is 495 g/mol. The highest BCUT2D eigenvalue weighted by atomic mass is 16.6. The predicted octanol–water partition coefficient (Wildman–Crippen LogP) is 6.53. The van der Waals surface area contributed by atoms with Crippen molar-refractivity contribution in [1.29, 1.82) is 0 Å². The van der Waals surface area contributed by atoms with Crippen LogP contribution >= 0.6 is 0 Å². The molecule has 1 heterocycles. The first-order chi connectivity index (χ1) is 17.6. The van der Waals surface area contributed by atoms with Crippen LogP contribution in [0.5, 0.6) is 0 Å². The number of ether oxygens (including phenoxy) is 1. The van der Waals surface area contributed by atoms with Crippen LogP contribution in [0.15, 0.2) is 91.3 Å². The number of benzene rings is 3. The molecule has 1 N–H and O–H groups in total.